The van der Waals surface area contributed by atoms with Crippen molar-refractivity contribution in [1.29, 1.82) is 0 Å². The van der Waals surface area contributed by atoms with Crippen molar-refractivity contribution in [2.24, 2.45) is 5.10 Å². The van der Waals surface area contributed by atoms with E-state index in [2.05, 4.69) is 26.5 Å². The van der Waals surface area contributed by atoms with E-state index in [-0.39, 0.29) is 12.5 Å². The molecule has 0 atom stereocenters. The van der Waals surface area contributed by atoms with Gasteiger partial charge in [-0.3, -0.25) is 4.79 Å². The minimum Gasteiger partial charge on any atom is -0.496 e. The van der Waals surface area contributed by atoms with Gasteiger partial charge in [-0.25, -0.2) is 5.43 Å². The van der Waals surface area contributed by atoms with E-state index in [0.717, 1.165) is 10.0 Å². The summed E-state index contributed by atoms with van der Waals surface area (Å²) in [7, 11) is 1.57. The van der Waals surface area contributed by atoms with Crippen LogP contribution >= 0.6 is 27.5 Å². The lowest BCUT2D eigenvalue weighted by molar-refractivity contribution is -0.123. The van der Waals surface area contributed by atoms with E-state index >= 15 is 0 Å². The molecular formula is C16H14BrClN2O3. The Hall–Kier alpha value is -2.05. The molecule has 1 N–H and O–H groups in total. The fraction of sp³-hybridized carbons (Fsp3) is 0.125. The van der Waals surface area contributed by atoms with Crippen LogP contribution < -0.4 is 14.9 Å². The number of halogens is 2. The van der Waals surface area contributed by atoms with Gasteiger partial charge in [-0.1, -0.05) is 27.5 Å². The first-order chi connectivity index (χ1) is 11.1. The number of hydrazone groups is 1. The third-order valence-electron chi connectivity index (χ3n) is 2.77. The number of ether oxygens (including phenoxy) is 2. The molecule has 0 radical (unpaired) electrons. The molecule has 1 amide bonds. The Balaban J connectivity index is 1.86. The number of hydrogen-bond donors (Lipinski definition) is 1. The van der Waals surface area contributed by atoms with Gasteiger partial charge in [0.15, 0.2) is 6.61 Å². The second-order valence-corrected chi connectivity index (χ2v) is 5.77. The van der Waals surface area contributed by atoms with E-state index in [1.165, 1.54) is 6.21 Å². The first kappa shape index (κ1) is 17.3. The van der Waals surface area contributed by atoms with Gasteiger partial charge in [-0.15, -0.1) is 0 Å². The summed E-state index contributed by atoms with van der Waals surface area (Å²) in [6.45, 7) is -0.144. The average molecular weight is 398 g/mol. The molecule has 0 fully saturated rings. The molecule has 2 aromatic rings. The molecule has 0 aliphatic heterocycles. The van der Waals surface area contributed by atoms with Crippen LogP contribution in [0.3, 0.4) is 0 Å². The molecule has 0 aliphatic carbocycles. The summed E-state index contributed by atoms with van der Waals surface area (Å²) in [6, 6.07) is 12.2. The van der Waals surface area contributed by atoms with E-state index in [9.17, 15) is 4.79 Å². The molecule has 0 saturated carbocycles. The maximum atomic E-state index is 11.7. The fourth-order valence-electron chi connectivity index (χ4n) is 1.69. The fourth-order valence-corrected chi connectivity index (χ4v) is 2.20. The van der Waals surface area contributed by atoms with Gasteiger partial charge in [0.25, 0.3) is 5.91 Å². The molecule has 0 unspecified atom stereocenters. The summed E-state index contributed by atoms with van der Waals surface area (Å²) >= 11 is 9.14. The van der Waals surface area contributed by atoms with E-state index in [1.807, 2.05) is 12.1 Å². The van der Waals surface area contributed by atoms with E-state index in [1.54, 1.807) is 37.4 Å². The molecule has 7 heteroatoms. The van der Waals surface area contributed by atoms with Crippen LogP contribution in [0.1, 0.15) is 5.56 Å². The number of rotatable bonds is 6. The average Bonchev–Trinajstić information content (AvgIpc) is 2.54. The van der Waals surface area contributed by atoms with Crippen LogP contribution in [0.15, 0.2) is 52.0 Å². The van der Waals surface area contributed by atoms with Crippen LogP contribution in [0.5, 0.6) is 11.5 Å². The van der Waals surface area contributed by atoms with Crippen LogP contribution in [0.25, 0.3) is 0 Å². The van der Waals surface area contributed by atoms with Crippen molar-refractivity contribution >= 4 is 39.7 Å². The number of amides is 1. The Morgan fingerprint density at radius 3 is 2.74 bits per heavy atom. The zero-order valence-electron chi connectivity index (χ0n) is 12.3. The zero-order valence-corrected chi connectivity index (χ0v) is 14.6. The molecule has 2 aromatic carbocycles. The lowest BCUT2D eigenvalue weighted by atomic mass is 10.2. The van der Waals surface area contributed by atoms with Crippen LogP contribution in [0.4, 0.5) is 0 Å². The molecule has 5 nitrogen and oxygen atoms in total. The molecule has 0 aromatic heterocycles. The smallest absolute Gasteiger partial charge is 0.277 e. The minimum absolute atomic E-state index is 0.144. The molecule has 0 saturated heterocycles. The summed E-state index contributed by atoms with van der Waals surface area (Å²) in [5.74, 6) is 0.843. The highest BCUT2D eigenvalue weighted by Crippen LogP contribution is 2.21. The number of nitrogens with zero attached hydrogens (tertiary/aromatic N) is 1. The highest BCUT2D eigenvalue weighted by Gasteiger charge is 2.03. The Labute approximate surface area is 147 Å². The number of nitrogens with one attached hydrogen (secondary N) is 1. The number of carbonyl (C=O) groups excluding carboxylic acids is 1. The summed E-state index contributed by atoms with van der Waals surface area (Å²) in [4.78, 5) is 11.7. The first-order valence-electron chi connectivity index (χ1n) is 6.62. The Bertz CT molecular complexity index is 705. The third-order valence-corrected chi connectivity index (χ3v) is 3.51. The highest BCUT2D eigenvalue weighted by atomic mass is 79.9. The summed E-state index contributed by atoms with van der Waals surface area (Å²) in [6.07, 6.45) is 1.50. The largest absolute Gasteiger partial charge is 0.496 e. The lowest BCUT2D eigenvalue weighted by Crippen LogP contribution is -2.24. The predicted octanol–water partition coefficient (Wildman–Crippen LogP) is 3.64. The van der Waals surface area contributed by atoms with Gasteiger partial charge < -0.3 is 9.47 Å². The van der Waals surface area contributed by atoms with Crippen LogP contribution in [0.2, 0.25) is 5.02 Å². The first-order valence-corrected chi connectivity index (χ1v) is 7.79. The lowest BCUT2D eigenvalue weighted by Gasteiger charge is -2.06. The minimum atomic E-state index is -0.370. The van der Waals surface area contributed by atoms with Gasteiger partial charge in [-0.05, 0) is 42.5 Å². The van der Waals surface area contributed by atoms with Crippen molar-refractivity contribution in [3.8, 4) is 11.5 Å². The van der Waals surface area contributed by atoms with Gasteiger partial charge in [0, 0.05) is 15.1 Å². The van der Waals surface area contributed by atoms with Crippen LogP contribution in [0, 0.1) is 0 Å². The van der Waals surface area contributed by atoms with Crippen molar-refractivity contribution < 1.29 is 14.3 Å². The van der Waals surface area contributed by atoms with E-state index < -0.39 is 0 Å². The molecule has 2 rings (SSSR count). The molecule has 0 bridgehead atoms. The topological polar surface area (TPSA) is 59.9 Å². The maximum Gasteiger partial charge on any atom is 0.277 e. The predicted molar refractivity (Wildman–Crippen MR) is 93.4 cm³/mol. The Morgan fingerprint density at radius 1 is 1.30 bits per heavy atom. The van der Waals surface area contributed by atoms with Crippen molar-refractivity contribution in [2.75, 3.05) is 13.7 Å². The quantitative estimate of drug-likeness (QED) is 0.598. The number of hydrogen-bond acceptors (Lipinski definition) is 4. The summed E-state index contributed by atoms with van der Waals surface area (Å²) in [5.41, 5.74) is 3.13. The number of benzene rings is 2. The van der Waals surface area contributed by atoms with Crippen LogP contribution in [-0.2, 0) is 4.79 Å². The van der Waals surface area contributed by atoms with Crippen molar-refractivity contribution in [2.45, 2.75) is 0 Å². The Kier molecular flexibility index (Phi) is 6.43. The SMILES string of the molecule is COc1ccc(Br)cc1/C=N/NC(=O)COc1ccc(Cl)cc1. The molecule has 120 valence electrons. The maximum absolute atomic E-state index is 11.7. The van der Waals surface area contributed by atoms with Gasteiger partial charge in [-0.2, -0.15) is 5.10 Å². The summed E-state index contributed by atoms with van der Waals surface area (Å²) in [5, 5.41) is 4.50. The zero-order chi connectivity index (χ0) is 16.7. The van der Waals surface area contributed by atoms with Crippen molar-refractivity contribution in [1.82, 2.24) is 5.43 Å². The monoisotopic (exact) mass is 396 g/mol. The van der Waals surface area contributed by atoms with Gasteiger partial charge >= 0.3 is 0 Å². The normalized spacial score (nSPS) is 10.6. The van der Waals surface area contributed by atoms with Gasteiger partial charge in [0.05, 0.1) is 13.3 Å². The molecule has 0 aliphatic rings. The van der Waals surface area contributed by atoms with Gasteiger partial charge in [0.2, 0.25) is 0 Å². The molecule has 0 spiro atoms. The molecule has 23 heavy (non-hydrogen) atoms. The van der Waals surface area contributed by atoms with E-state index in [4.69, 9.17) is 21.1 Å². The second-order valence-electron chi connectivity index (χ2n) is 4.42. The van der Waals surface area contributed by atoms with Gasteiger partial charge in [0.1, 0.15) is 11.5 Å². The number of carbonyl (C=O) groups is 1. The Morgan fingerprint density at radius 2 is 2.04 bits per heavy atom. The number of methoxy groups -OCH3 is 1. The van der Waals surface area contributed by atoms with E-state index in [0.29, 0.717) is 16.5 Å². The highest BCUT2D eigenvalue weighted by molar-refractivity contribution is 9.10. The summed E-state index contributed by atoms with van der Waals surface area (Å²) < 4.78 is 11.4. The third kappa shape index (κ3) is 5.58. The molecule has 0 heterocycles. The van der Waals surface area contributed by atoms with Crippen molar-refractivity contribution in [3.63, 3.8) is 0 Å². The van der Waals surface area contributed by atoms with Crippen LogP contribution in [-0.4, -0.2) is 25.8 Å². The second kappa shape index (κ2) is 8.55. The molecular weight excluding hydrogens is 384 g/mol. The van der Waals surface area contributed by atoms with Crippen molar-refractivity contribution in [3.05, 3.63) is 57.5 Å². The standard InChI is InChI=1S/C16H14BrClN2O3/c1-22-15-7-2-12(17)8-11(15)9-19-20-16(21)10-23-14-5-3-13(18)4-6-14/h2-9H,10H2,1H3,(H,20,21)/b19-9+.